The molecule has 0 aromatic heterocycles. The Morgan fingerprint density at radius 1 is 0.967 bits per heavy atom. The van der Waals surface area contributed by atoms with Crippen molar-refractivity contribution in [2.24, 2.45) is 11.8 Å². The normalized spacial score (nSPS) is 22.2. The highest BCUT2D eigenvalue weighted by molar-refractivity contribution is 6.23. The summed E-state index contributed by atoms with van der Waals surface area (Å²) in [5.74, 6) is 2.08. The van der Waals surface area contributed by atoms with Gasteiger partial charge in [0.2, 0.25) is 0 Å². The van der Waals surface area contributed by atoms with Gasteiger partial charge < -0.3 is 9.47 Å². The number of methoxy groups -OCH3 is 2. The number of ether oxygens (including phenoxy) is 2. The maximum Gasteiger partial charge on any atom is 0.262 e. The van der Waals surface area contributed by atoms with Crippen LogP contribution in [0.2, 0.25) is 0 Å². The van der Waals surface area contributed by atoms with Gasteiger partial charge in [-0.3, -0.25) is 14.5 Å². The van der Waals surface area contributed by atoms with Gasteiger partial charge in [0.05, 0.1) is 31.9 Å². The fourth-order valence-corrected chi connectivity index (χ4v) is 5.22. The molecule has 0 saturated heterocycles. The van der Waals surface area contributed by atoms with Crippen LogP contribution >= 0.6 is 0 Å². The summed E-state index contributed by atoms with van der Waals surface area (Å²) >= 11 is 0. The molecule has 0 N–H and O–H groups in total. The summed E-state index contributed by atoms with van der Waals surface area (Å²) in [7, 11) is 3.15. The number of allylic oxidation sites excluding steroid dienone is 2. The van der Waals surface area contributed by atoms with Crippen molar-refractivity contribution in [3.05, 3.63) is 64.7 Å². The number of amides is 2. The van der Waals surface area contributed by atoms with Gasteiger partial charge in [-0.2, -0.15) is 0 Å². The zero-order valence-electron chi connectivity index (χ0n) is 17.3. The Morgan fingerprint density at radius 2 is 1.77 bits per heavy atom. The second-order valence-electron chi connectivity index (χ2n) is 8.45. The molecular formula is C25H25NO4. The van der Waals surface area contributed by atoms with Gasteiger partial charge in [-0.05, 0) is 72.4 Å². The van der Waals surface area contributed by atoms with E-state index in [1.54, 1.807) is 26.4 Å². The van der Waals surface area contributed by atoms with Gasteiger partial charge in [0, 0.05) is 0 Å². The summed E-state index contributed by atoms with van der Waals surface area (Å²) in [6.45, 7) is 0.205. The fourth-order valence-electron chi connectivity index (χ4n) is 5.22. The maximum absolute atomic E-state index is 13.4. The largest absolute Gasteiger partial charge is 0.493 e. The van der Waals surface area contributed by atoms with Gasteiger partial charge >= 0.3 is 0 Å². The average Bonchev–Trinajstić information content (AvgIpc) is 3.24. The van der Waals surface area contributed by atoms with E-state index in [1.165, 1.54) is 29.7 Å². The number of hydrogen-bond acceptors (Lipinski definition) is 4. The van der Waals surface area contributed by atoms with Crippen LogP contribution in [0, 0.1) is 11.8 Å². The summed E-state index contributed by atoms with van der Waals surface area (Å²) in [6, 6.07) is 11.1. The van der Waals surface area contributed by atoms with Crippen molar-refractivity contribution in [2.75, 3.05) is 14.2 Å². The van der Waals surface area contributed by atoms with Crippen molar-refractivity contribution in [2.45, 2.75) is 32.2 Å². The Kier molecular flexibility index (Phi) is 4.61. The summed E-state index contributed by atoms with van der Waals surface area (Å²) in [4.78, 5) is 27.8. The zero-order chi connectivity index (χ0) is 20.8. The maximum atomic E-state index is 13.4. The molecule has 5 heteroatoms. The Hall–Kier alpha value is -3.08. The van der Waals surface area contributed by atoms with Crippen LogP contribution in [0.15, 0.2) is 42.5 Å². The summed E-state index contributed by atoms with van der Waals surface area (Å²) in [5.41, 5.74) is 4.07. The predicted octanol–water partition coefficient (Wildman–Crippen LogP) is 4.70. The van der Waals surface area contributed by atoms with Gasteiger partial charge in [-0.15, -0.1) is 0 Å². The fraction of sp³-hybridized carbons (Fsp3) is 0.360. The molecule has 3 aliphatic rings. The molecule has 5 nitrogen and oxygen atoms in total. The van der Waals surface area contributed by atoms with Crippen molar-refractivity contribution in [1.29, 1.82) is 0 Å². The molecule has 2 aliphatic carbocycles. The van der Waals surface area contributed by atoms with Crippen LogP contribution in [-0.4, -0.2) is 30.9 Å². The third-order valence-corrected chi connectivity index (χ3v) is 6.66. The van der Waals surface area contributed by atoms with E-state index in [9.17, 15) is 9.59 Å². The molecule has 2 unspecified atom stereocenters. The van der Waals surface area contributed by atoms with E-state index < -0.39 is 0 Å². The first-order chi connectivity index (χ1) is 14.6. The first kappa shape index (κ1) is 18.9. The molecule has 1 saturated carbocycles. The van der Waals surface area contributed by atoms with Crippen LogP contribution in [0.5, 0.6) is 11.5 Å². The van der Waals surface area contributed by atoms with Crippen molar-refractivity contribution >= 4 is 17.4 Å². The second-order valence-corrected chi connectivity index (χ2v) is 8.45. The monoisotopic (exact) mass is 403 g/mol. The van der Waals surface area contributed by atoms with Crippen molar-refractivity contribution < 1.29 is 19.1 Å². The number of carbonyl (C=O) groups excluding carboxylic acids is 2. The van der Waals surface area contributed by atoms with E-state index in [4.69, 9.17) is 9.47 Å². The van der Waals surface area contributed by atoms with Gasteiger partial charge in [-0.1, -0.05) is 24.3 Å². The molecule has 2 aromatic carbocycles. The highest BCUT2D eigenvalue weighted by atomic mass is 16.5. The number of benzene rings is 2. The Bertz CT molecular complexity index is 1070. The van der Waals surface area contributed by atoms with Crippen molar-refractivity contribution in [3.8, 4) is 11.5 Å². The first-order valence-corrected chi connectivity index (χ1v) is 10.5. The minimum Gasteiger partial charge on any atom is -0.493 e. The minimum atomic E-state index is -0.231. The van der Waals surface area contributed by atoms with E-state index in [0.717, 1.165) is 17.5 Å². The van der Waals surface area contributed by atoms with E-state index in [-0.39, 0.29) is 18.4 Å². The third-order valence-electron chi connectivity index (χ3n) is 6.66. The Morgan fingerprint density at radius 3 is 2.53 bits per heavy atom. The van der Waals surface area contributed by atoms with E-state index in [2.05, 4.69) is 6.08 Å². The molecule has 1 aliphatic heterocycles. The minimum absolute atomic E-state index is 0.205. The number of imide groups is 1. The molecular weight excluding hydrogens is 378 g/mol. The van der Waals surface area contributed by atoms with E-state index in [0.29, 0.717) is 34.5 Å². The lowest BCUT2D eigenvalue weighted by Gasteiger charge is -2.21. The topological polar surface area (TPSA) is 55.8 Å². The summed E-state index contributed by atoms with van der Waals surface area (Å²) in [5, 5.41) is 0. The van der Waals surface area contributed by atoms with E-state index >= 15 is 0 Å². The lowest BCUT2D eigenvalue weighted by atomic mass is 9.84. The molecule has 154 valence electrons. The molecule has 0 radical (unpaired) electrons. The molecule has 5 rings (SSSR count). The SMILES string of the molecule is COc1ccc(CN2C(=O)c3cccc(C4=CC5CCC(C4)C5)c3C2=O)cc1OC. The van der Waals surface area contributed by atoms with Crippen LogP contribution in [-0.2, 0) is 6.54 Å². The Labute approximate surface area is 176 Å². The lowest BCUT2D eigenvalue weighted by Crippen LogP contribution is -2.29. The molecule has 30 heavy (non-hydrogen) atoms. The number of carbonyl (C=O) groups is 2. The molecule has 2 amide bonds. The van der Waals surface area contributed by atoms with Crippen molar-refractivity contribution in [1.82, 2.24) is 4.90 Å². The standard InChI is InChI=1S/C25H25NO4/c1-29-21-9-8-17(13-22(21)30-2)14-26-24(27)20-5-3-4-19(23(20)25(26)28)18-11-15-6-7-16(10-15)12-18/h3-5,8-9,11,13,15-16H,6-7,10,12,14H2,1-2H3. The molecule has 2 bridgehead atoms. The zero-order valence-corrected chi connectivity index (χ0v) is 17.3. The van der Waals surface area contributed by atoms with Crippen LogP contribution in [0.3, 0.4) is 0 Å². The Balaban J connectivity index is 1.47. The van der Waals surface area contributed by atoms with Crippen LogP contribution in [0.4, 0.5) is 0 Å². The summed E-state index contributed by atoms with van der Waals surface area (Å²) in [6.07, 6.45) is 7.11. The number of nitrogens with zero attached hydrogens (tertiary/aromatic N) is 1. The van der Waals surface area contributed by atoms with Crippen molar-refractivity contribution in [3.63, 3.8) is 0 Å². The van der Waals surface area contributed by atoms with Gasteiger partial charge in [-0.25, -0.2) is 0 Å². The van der Waals surface area contributed by atoms with Gasteiger partial charge in [0.15, 0.2) is 11.5 Å². The third kappa shape index (κ3) is 3.00. The highest BCUT2D eigenvalue weighted by Gasteiger charge is 2.39. The van der Waals surface area contributed by atoms with Gasteiger partial charge in [0.1, 0.15) is 0 Å². The molecule has 1 fully saturated rings. The molecule has 2 atom stereocenters. The molecule has 0 spiro atoms. The summed E-state index contributed by atoms with van der Waals surface area (Å²) < 4.78 is 10.6. The molecule has 2 aromatic rings. The first-order valence-electron chi connectivity index (χ1n) is 10.5. The van der Waals surface area contributed by atoms with Gasteiger partial charge in [0.25, 0.3) is 11.8 Å². The van der Waals surface area contributed by atoms with Crippen LogP contribution in [0.25, 0.3) is 5.57 Å². The average molecular weight is 403 g/mol. The van der Waals surface area contributed by atoms with Crippen LogP contribution in [0.1, 0.15) is 57.5 Å². The molecule has 1 heterocycles. The van der Waals surface area contributed by atoms with E-state index in [1.807, 2.05) is 24.3 Å². The highest BCUT2D eigenvalue weighted by Crippen LogP contribution is 2.45. The number of hydrogen-bond donors (Lipinski definition) is 0. The smallest absolute Gasteiger partial charge is 0.262 e. The second kappa shape index (κ2) is 7.31. The predicted molar refractivity (Wildman–Crippen MR) is 114 cm³/mol. The lowest BCUT2D eigenvalue weighted by molar-refractivity contribution is 0.0642. The number of rotatable bonds is 5. The number of fused-ring (bicyclic) bond motifs is 3. The van der Waals surface area contributed by atoms with Crippen LogP contribution < -0.4 is 9.47 Å². The quantitative estimate of drug-likeness (QED) is 0.679.